The van der Waals surface area contributed by atoms with Crippen LogP contribution in [0.1, 0.15) is 188 Å². The number of rotatable bonds is 26. The monoisotopic (exact) mass is 437 g/mol. The minimum atomic E-state index is 0.966. The lowest BCUT2D eigenvalue weighted by Crippen LogP contribution is -1.96. The van der Waals surface area contributed by atoms with Gasteiger partial charge in [-0.2, -0.15) is 0 Å². The van der Waals surface area contributed by atoms with Crippen LogP contribution in [-0.4, -0.2) is 0 Å². The SMILES string of the molecule is CCCCCCCCCCC(C)CCCCCCCCCC(C)CCCCCCCC. The molecule has 0 aromatic rings. The van der Waals surface area contributed by atoms with E-state index in [2.05, 4.69) is 27.7 Å². The highest BCUT2D eigenvalue weighted by Crippen LogP contribution is 2.20. The van der Waals surface area contributed by atoms with Crippen LogP contribution in [0.15, 0.2) is 0 Å². The molecule has 0 rings (SSSR count). The average Bonchev–Trinajstić information content (AvgIpc) is 2.76. The van der Waals surface area contributed by atoms with Gasteiger partial charge in [0.15, 0.2) is 0 Å². The van der Waals surface area contributed by atoms with Gasteiger partial charge >= 0.3 is 0 Å². The Morgan fingerprint density at radius 3 is 0.710 bits per heavy atom. The van der Waals surface area contributed by atoms with Crippen LogP contribution in [0.3, 0.4) is 0 Å². The summed E-state index contributed by atoms with van der Waals surface area (Å²) in [5.41, 5.74) is 0. The first kappa shape index (κ1) is 31.0. The van der Waals surface area contributed by atoms with Gasteiger partial charge in [-0.05, 0) is 11.8 Å². The molecule has 0 radical (unpaired) electrons. The summed E-state index contributed by atoms with van der Waals surface area (Å²) in [5.74, 6) is 1.93. The molecule has 2 atom stereocenters. The Hall–Kier alpha value is 0. The second kappa shape index (κ2) is 26.3. The van der Waals surface area contributed by atoms with Gasteiger partial charge in [0.2, 0.25) is 0 Å². The molecule has 31 heavy (non-hydrogen) atoms. The Morgan fingerprint density at radius 1 is 0.290 bits per heavy atom. The van der Waals surface area contributed by atoms with Crippen molar-refractivity contribution in [2.24, 2.45) is 11.8 Å². The maximum atomic E-state index is 2.49. The van der Waals surface area contributed by atoms with Crippen molar-refractivity contribution in [2.75, 3.05) is 0 Å². The summed E-state index contributed by atoms with van der Waals surface area (Å²) in [6.07, 6.45) is 36.6. The van der Waals surface area contributed by atoms with Crippen molar-refractivity contribution in [1.82, 2.24) is 0 Å². The Bertz CT molecular complexity index is 307. The highest BCUT2D eigenvalue weighted by molar-refractivity contribution is 4.58. The van der Waals surface area contributed by atoms with Gasteiger partial charge in [0.25, 0.3) is 0 Å². The van der Waals surface area contributed by atoms with Crippen molar-refractivity contribution in [3.05, 3.63) is 0 Å². The second-order valence-electron chi connectivity index (χ2n) is 11.1. The molecule has 0 nitrogen and oxygen atoms in total. The van der Waals surface area contributed by atoms with Crippen LogP contribution in [0.25, 0.3) is 0 Å². The molecule has 0 fully saturated rings. The third-order valence-corrected chi connectivity index (χ3v) is 7.49. The van der Waals surface area contributed by atoms with E-state index in [1.165, 1.54) is 161 Å². The van der Waals surface area contributed by atoms with Crippen molar-refractivity contribution in [2.45, 2.75) is 188 Å². The van der Waals surface area contributed by atoms with Crippen molar-refractivity contribution >= 4 is 0 Å². The molecule has 0 saturated heterocycles. The highest BCUT2D eigenvalue weighted by Gasteiger charge is 2.04. The molecule has 0 aliphatic heterocycles. The number of unbranched alkanes of at least 4 members (excludes halogenated alkanes) is 18. The highest BCUT2D eigenvalue weighted by atomic mass is 14.1. The Kier molecular flexibility index (Phi) is 26.3. The quantitative estimate of drug-likeness (QED) is 0.118. The fourth-order valence-corrected chi connectivity index (χ4v) is 5.06. The molecule has 0 spiro atoms. The third kappa shape index (κ3) is 26.1. The van der Waals surface area contributed by atoms with E-state index in [0.29, 0.717) is 0 Å². The van der Waals surface area contributed by atoms with E-state index in [4.69, 9.17) is 0 Å². The van der Waals surface area contributed by atoms with Gasteiger partial charge in [-0.15, -0.1) is 0 Å². The lowest BCUT2D eigenvalue weighted by Gasteiger charge is -2.12. The van der Waals surface area contributed by atoms with E-state index >= 15 is 0 Å². The normalized spacial score (nSPS) is 13.5. The average molecular weight is 437 g/mol. The predicted molar refractivity (Wildman–Crippen MR) is 145 cm³/mol. The summed E-state index contributed by atoms with van der Waals surface area (Å²) in [6.45, 7) is 9.59. The first-order chi connectivity index (χ1) is 15.2. The van der Waals surface area contributed by atoms with E-state index in [1.807, 2.05) is 0 Å². The van der Waals surface area contributed by atoms with Crippen LogP contribution >= 0.6 is 0 Å². The van der Waals surface area contributed by atoms with Gasteiger partial charge in [-0.1, -0.05) is 188 Å². The van der Waals surface area contributed by atoms with Gasteiger partial charge < -0.3 is 0 Å². The number of hydrogen-bond acceptors (Lipinski definition) is 0. The molecule has 0 bridgehead atoms. The second-order valence-corrected chi connectivity index (χ2v) is 11.1. The minimum absolute atomic E-state index is 0.966. The maximum Gasteiger partial charge on any atom is -0.0443 e. The van der Waals surface area contributed by atoms with E-state index in [0.717, 1.165) is 11.8 Å². The van der Waals surface area contributed by atoms with Gasteiger partial charge in [0.05, 0.1) is 0 Å². The number of hydrogen-bond donors (Lipinski definition) is 0. The van der Waals surface area contributed by atoms with Crippen LogP contribution in [-0.2, 0) is 0 Å². The van der Waals surface area contributed by atoms with Crippen molar-refractivity contribution in [1.29, 1.82) is 0 Å². The maximum absolute atomic E-state index is 2.49. The van der Waals surface area contributed by atoms with E-state index in [9.17, 15) is 0 Å². The first-order valence-corrected chi connectivity index (χ1v) is 15.2. The lowest BCUT2D eigenvalue weighted by molar-refractivity contribution is 0.422. The van der Waals surface area contributed by atoms with Crippen LogP contribution in [0.5, 0.6) is 0 Å². The molecule has 0 N–H and O–H groups in total. The molecular formula is C31H64. The van der Waals surface area contributed by atoms with Crippen molar-refractivity contribution < 1.29 is 0 Å². The van der Waals surface area contributed by atoms with Gasteiger partial charge in [-0.3, -0.25) is 0 Å². The van der Waals surface area contributed by atoms with Crippen LogP contribution < -0.4 is 0 Å². The minimum Gasteiger partial charge on any atom is -0.0654 e. The van der Waals surface area contributed by atoms with E-state index in [1.54, 1.807) is 0 Å². The molecule has 0 saturated carbocycles. The van der Waals surface area contributed by atoms with E-state index < -0.39 is 0 Å². The zero-order chi connectivity index (χ0) is 22.8. The summed E-state index contributed by atoms with van der Waals surface area (Å²) in [7, 11) is 0. The topological polar surface area (TPSA) is 0 Å². The smallest absolute Gasteiger partial charge is 0.0443 e. The molecule has 0 heterocycles. The summed E-state index contributed by atoms with van der Waals surface area (Å²) in [6, 6.07) is 0. The summed E-state index contributed by atoms with van der Waals surface area (Å²) < 4.78 is 0. The summed E-state index contributed by atoms with van der Waals surface area (Å²) >= 11 is 0. The fraction of sp³-hybridized carbons (Fsp3) is 1.00. The summed E-state index contributed by atoms with van der Waals surface area (Å²) in [4.78, 5) is 0. The molecule has 188 valence electrons. The standard InChI is InChI=1S/C31H64/c1-5-7-9-11-13-15-19-23-27-31(4)29-25-21-17-14-16-20-24-28-30(3)26-22-18-12-10-8-6-2/h30-31H,5-29H2,1-4H3. The van der Waals surface area contributed by atoms with Crippen LogP contribution in [0.2, 0.25) is 0 Å². The zero-order valence-electron chi connectivity index (χ0n) is 22.8. The molecule has 2 unspecified atom stereocenters. The first-order valence-electron chi connectivity index (χ1n) is 15.2. The fourth-order valence-electron chi connectivity index (χ4n) is 5.06. The van der Waals surface area contributed by atoms with Gasteiger partial charge in [0, 0.05) is 0 Å². The Balaban J connectivity index is 3.22. The molecule has 0 aliphatic carbocycles. The van der Waals surface area contributed by atoms with Crippen molar-refractivity contribution in [3.8, 4) is 0 Å². The van der Waals surface area contributed by atoms with Crippen LogP contribution in [0.4, 0.5) is 0 Å². The van der Waals surface area contributed by atoms with E-state index in [-0.39, 0.29) is 0 Å². The summed E-state index contributed by atoms with van der Waals surface area (Å²) in [5, 5.41) is 0. The zero-order valence-corrected chi connectivity index (χ0v) is 22.8. The van der Waals surface area contributed by atoms with Gasteiger partial charge in [0.1, 0.15) is 0 Å². The van der Waals surface area contributed by atoms with Crippen molar-refractivity contribution in [3.63, 3.8) is 0 Å². The van der Waals surface area contributed by atoms with Crippen LogP contribution in [0, 0.1) is 11.8 Å². The predicted octanol–water partition coefficient (Wildman–Crippen LogP) is 12.1. The molecule has 0 aromatic heterocycles. The molecule has 0 aromatic carbocycles. The molecule has 0 amide bonds. The Labute approximate surface area is 200 Å². The lowest BCUT2D eigenvalue weighted by atomic mass is 9.95. The Morgan fingerprint density at radius 2 is 0.484 bits per heavy atom. The van der Waals surface area contributed by atoms with Gasteiger partial charge in [-0.25, -0.2) is 0 Å². The molecular weight excluding hydrogens is 372 g/mol. The largest absolute Gasteiger partial charge is 0.0654 e. The molecule has 0 heteroatoms. The molecule has 0 aliphatic rings. The third-order valence-electron chi connectivity index (χ3n) is 7.49.